The van der Waals surface area contributed by atoms with E-state index in [-0.39, 0.29) is 6.42 Å². The molecule has 4 heteroatoms. The first-order valence-corrected chi connectivity index (χ1v) is 19.4. The lowest BCUT2D eigenvalue weighted by atomic mass is 9.74. The Morgan fingerprint density at radius 2 is 0.605 bits per heavy atom. The van der Waals surface area contributed by atoms with Crippen molar-refractivity contribution in [2.45, 2.75) is 232 Å². The van der Waals surface area contributed by atoms with E-state index in [1.54, 1.807) is 0 Å². The molecule has 0 aliphatic carbocycles. The second-order valence-corrected chi connectivity index (χ2v) is 13.9. The Balaban J connectivity index is 4.16. The van der Waals surface area contributed by atoms with Gasteiger partial charge in [0, 0.05) is 6.42 Å². The number of hydrogen-bond donors (Lipinski definition) is 2. The summed E-state index contributed by atoms with van der Waals surface area (Å²) in [5, 5.41) is 19.3. The van der Waals surface area contributed by atoms with Crippen molar-refractivity contribution in [3.8, 4) is 0 Å². The van der Waals surface area contributed by atoms with E-state index in [0.717, 1.165) is 38.5 Å². The summed E-state index contributed by atoms with van der Waals surface area (Å²) in [5.74, 6) is -1.42. The molecule has 4 nitrogen and oxygen atoms in total. The molecule has 0 heterocycles. The number of aliphatic carboxylic acids is 2. The molecule has 0 aromatic carbocycles. The van der Waals surface area contributed by atoms with Gasteiger partial charge in [0.15, 0.2) is 0 Å². The van der Waals surface area contributed by atoms with E-state index in [0.29, 0.717) is 19.3 Å². The van der Waals surface area contributed by atoms with Crippen LogP contribution in [-0.2, 0) is 9.59 Å². The predicted molar refractivity (Wildman–Crippen MR) is 186 cm³/mol. The van der Waals surface area contributed by atoms with Crippen LogP contribution in [0.2, 0.25) is 0 Å². The first kappa shape index (κ1) is 41.9. The molecule has 0 aliphatic heterocycles. The molecule has 0 unspecified atom stereocenters. The standard InChI is InChI=1S/C39H76O4/c1-3-5-7-9-11-13-15-17-19-21-23-25-27-30-34-39(38(42)43,36-32-29-33-37(40)41)35-31-28-26-24-22-20-18-16-14-12-10-8-6-4-2/h3-36H2,1-2H3,(H,40,41)(H,42,43). The second-order valence-electron chi connectivity index (χ2n) is 13.9. The monoisotopic (exact) mass is 609 g/mol. The fourth-order valence-corrected chi connectivity index (χ4v) is 6.75. The topological polar surface area (TPSA) is 74.6 Å². The quantitative estimate of drug-likeness (QED) is 0.0694. The number of carbonyl (C=O) groups is 2. The molecule has 0 spiro atoms. The molecule has 43 heavy (non-hydrogen) atoms. The van der Waals surface area contributed by atoms with Crippen LogP contribution in [0.15, 0.2) is 0 Å². The Labute approximate surface area is 269 Å². The van der Waals surface area contributed by atoms with Gasteiger partial charge in [0.25, 0.3) is 0 Å². The Morgan fingerprint density at radius 1 is 0.372 bits per heavy atom. The van der Waals surface area contributed by atoms with Crippen LogP contribution >= 0.6 is 0 Å². The zero-order valence-electron chi connectivity index (χ0n) is 29.3. The molecule has 256 valence electrons. The summed E-state index contributed by atoms with van der Waals surface area (Å²) in [5.41, 5.74) is -0.660. The molecule has 0 saturated carbocycles. The minimum Gasteiger partial charge on any atom is -0.481 e. The van der Waals surface area contributed by atoms with Gasteiger partial charge in [-0.1, -0.05) is 200 Å². The second kappa shape index (κ2) is 32.3. The molecule has 0 bridgehead atoms. The number of rotatable bonds is 36. The van der Waals surface area contributed by atoms with Gasteiger partial charge >= 0.3 is 11.9 Å². The van der Waals surface area contributed by atoms with E-state index >= 15 is 0 Å². The van der Waals surface area contributed by atoms with Crippen LogP contribution in [0.5, 0.6) is 0 Å². The van der Waals surface area contributed by atoms with Crippen LogP contribution in [0, 0.1) is 5.41 Å². The zero-order valence-corrected chi connectivity index (χ0v) is 29.3. The van der Waals surface area contributed by atoms with E-state index in [1.165, 1.54) is 154 Å². The first-order chi connectivity index (χ1) is 21.0. The van der Waals surface area contributed by atoms with E-state index in [4.69, 9.17) is 5.11 Å². The van der Waals surface area contributed by atoms with Crippen LogP contribution in [0.25, 0.3) is 0 Å². The van der Waals surface area contributed by atoms with Gasteiger partial charge in [0.05, 0.1) is 5.41 Å². The highest BCUT2D eigenvalue weighted by atomic mass is 16.4. The lowest BCUT2D eigenvalue weighted by molar-refractivity contribution is -0.150. The van der Waals surface area contributed by atoms with Crippen molar-refractivity contribution < 1.29 is 19.8 Å². The highest BCUT2D eigenvalue weighted by Crippen LogP contribution is 2.38. The normalized spacial score (nSPS) is 11.8. The van der Waals surface area contributed by atoms with Crippen LogP contribution in [-0.4, -0.2) is 22.2 Å². The summed E-state index contributed by atoms with van der Waals surface area (Å²) >= 11 is 0. The number of unbranched alkanes of at least 4 members (excludes halogenated alkanes) is 27. The van der Waals surface area contributed by atoms with Crippen molar-refractivity contribution in [3.05, 3.63) is 0 Å². The number of carboxylic acid groups (broad SMARTS) is 2. The highest BCUT2D eigenvalue weighted by molar-refractivity contribution is 5.74. The van der Waals surface area contributed by atoms with Crippen molar-refractivity contribution in [1.29, 1.82) is 0 Å². The summed E-state index contributed by atoms with van der Waals surface area (Å²) in [6.45, 7) is 4.55. The van der Waals surface area contributed by atoms with Gasteiger partial charge in [-0.2, -0.15) is 0 Å². The third-order valence-corrected chi connectivity index (χ3v) is 9.77. The summed E-state index contributed by atoms with van der Waals surface area (Å²) < 4.78 is 0. The predicted octanol–water partition coefficient (Wildman–Crippen LogP) is 13.4. The van der Waals surface area contributed by atoms with Gasteiger partial charge in [-0.15, -0.1) is 0 Å². The minimum absolute atomic E-state index is 0.146. The maximum Gasteiger partial charge on any atom is 0.309 e. The molecule has 0 amide bonds. The van der Waals surface area contributed by atoms with E-state index in [1.807, 2.05) is 0 Å². The number of carboxylic acids is 2. The molecule has 0 aromatic rings. The fraction of sp³-hybridized carbons (Fsp3) is 0.949. The van der Waals surface area contributed by atoms with Gasteiger partial charge in [-0.05, 0) is 25.7 Å². The van der Waals surface area contributed by atoms with Crippen molar-refractivity contribution >= 4 is 11.9 Å². The third-order valence-electron chi connectivity index (χ3n) is 9.77. The average molecular weight is 609 g/mol. The lowest BCUT2D eigenvalue weighted by Crippen LogP contribution is -2.31. The third kappa shape index (κ3) is 28.2. The molecule has 0 rings (SSSR count). The molecule has 0 radical (unpaired) electrons. The molecule has 0 fully saturated rings. The van der Waals surface area contributed by atoms with E-state index in [9.17, 15) is 14.7 Å². The lowest BCUT2D eigenvalue weighted by Gasteiger charge is -2.30. The van der Waals surface area contributed by atoms with Gasteiger partial charge in [0.1, 0.15) is 0 Å². The zero-order chi connectivity index (χ0) is 31.7. The van der Waals surface area contributed by atoms with Crippen molar-refractivity contribution in [1.82, 2.24) is 0 Å². The van der Waals surface area contributed by atoms with Gasteiger partial charge in [-0.25, -0.2) is 0 Å². The molecule has 0 saturated heterocycles. The maximum atomic E-state index is 12.6. The molecular weight excluding hydrogens is 532 g/mol. The summed E-state index contributed by atoms with van der Waals surface area (Å²) in [6, 6.07) is 0. The van der Waals surface area contributed by atoms with Crippen LogP contribution in [0.4, 0.5) is 0 Å². The molecule has 0 aromatic heterocycles. The molecular formula is C39H76O4. The largest absolute Gasteiger partial charge is 0.481 e. The Kier molecular flexibility index (Phi) is 31.5. The molecule has 2 N–H and O–H groups in total. The summed E-state index contributed by atoms with van der Waals surface area (Å²) in [6.07, 6.45) is 40.2. The Bertz CT molecular complexity index is 570. The smallest absolute Gasteiger partial charge is 0.309 e. The SMILES string of the molecule is CCCCCCCCCCCCCCCCC(CCCCCCCCCCCCCCCC)(CCCCC(=O)O)C(=O)O. The van der Waals surface area contributed by atoms with E-state index in [2.05, 4.69) is 13.8 Å². The average Bonchev–Trinajstić information content (AvgIpc) is 2.99. The maximum absolute atomic E-state index is 12.6. The minimum atomic E-state index is -0.778. The van der Waals surface area contributed by atoms with Crippen LogP contribution in [0.1, 0.15) is 232 Å². The van der Waals surface area contributed by atoms with Crippen LogP contribution in [0.3, 0.4) is 0 Å². The van der Waals surface area contributed by atoms with Gasteiger partial charge in [0.2, 0.25) is 0 Å². The van der Waals surface area contributed by atoms with Gasteiger partial charge in [-0.3, -0.25) is 9.59 Å². The van der Waals surface area contributed by atoms with E-state index < -0.39 is 17.4 Å². The first-order valence-electron chi connectivity index (χ1n) is 19.4. The van der Waals surface area contributed by atoms with Crippen LogP contribution < -0.4 is 0 Å². The fourth-order valence-electron chi connectivity index (χ4n) is 6.75. The summed E-state index contributed by atoms with van der Waals surface area (Å²) in [4.78, 5) is 23.5. The Hall–Kier alpha value is -1.06. The van der Waals surface area contributed by atoms with Gasteiger partial charge < -0.3 is 10.2 Å². The summed E-state index contributed by atoms with van der Waals surface area (Å²) in [7, 11) is 0. The Morgan fingerprint density at radius 3 is 0.837 bits per heavy atom. The molecule has 0 aliphatic rings. The number of hydrogen-bond acceptors (Lipinski definition) is 2. The van der Waals surface area contributed by atoms with Crippen molar-refractivity contribution in [3.63, 3.8) is 0 Å². The molecule has 0 atom stereocenters. The van der Waals surface area contributed by atoms with Crippen molar-refractivity contribution in [2.24, 2.45) is 5.41 Å². The highest BCUT2D eigenvalue weighted by Gasteiger charge is 2.36. The van der Waals surface area contributed by atoms with Crippen molar-refractivity contribution in [2.75, 3.05) is 0 Å².